The average molecular weight is 299 g/mol. The van der Waals surface area contributed by atoms with Crippen molar-refractivity contribution in [2.24, 2.45) is 0 Å². The summed E-state index contributed by atoms with van der Waals surface area (Å²) in [5, 5.41) is 12.4. The Kier molecular flexibility index (Phi) is 3.11. The van der Waals surface area contributed by atoms with Crippen molar-refractivity contribution in [2.75, 3.05) is 5.32 Å². The molecule has 3 aromatic rings. The molecule has 0 bridgehead atoms. The van der Waals surface area contributed by atoms with E-state index in [9.17, 15) is 0 Å². The van der Waals surface area contributed by atoms with E-state index in [-0.39, 0.29) is 0 Å². The molecule has 0 saturated heterocycles. The molecule has 1 saturated carbocycles. The van der Waals surface area contributed by atoms with Gasteiger partial charge in [0.1, 0.15) is 0 Å². The Bertz CT molecular complexity index is 735. The first-order chi connectivity index (χ1) is 10.4. The average Bonchev–Trinajstić information content (AvgIpc) is 3.09. The summed E-state index contributed by atoms with van der Waals surface area (Å²) >= 11 is 1.75. The van der Waals surface area contributed by atoms with Crippen LogP contribution in [0.25, 0.3) is 11.5 Å². The van der Waals surface area contributed by atoms with Gasteiger partial charge in [-0.15, -0.1) is 16.4 Å². The Morgan fingerprint density at radius 2 is 2.10 bits per heavy atom. The van der Waals surface area contributed by atoms with Crippen molar-refractivity contribution in [1.82, 2.24) is 20.2 Å². The summed E-state index contributed by atoms with van der Waals surface area (Å²) in [5.41, 5.74) is 0.861. The zero-order chi connectivity index (χ0) is 14.1. The standard InChI is InChI=1S/C14H13N5OS/c1-2-10(1)13-16-7-11(21-13)8-17-14-19-18-12(20-14)9-3-5-15-6-4-9/h3-7,10H,1-2,8H2,(H,17,19). The lowest BCUT2D eigenvalue weighted by atomic mass is 10.3. The van der Waals surface area contributed by atoms with Crippen LogP contribution >= 0.6 is 11.3 Å². The van der Waals surface area contributed by atoms with Crippen molar-refractivity contribution >= 4 is 17.4 Å². The van der Waals surface area contributed by atoms with Crippen molar-refractivity contribution in [2.45, 2.75) is 25.3 Å². The Hall–Kier alpha value is -2.28. The Morgan fingerprint density at radius 3 is 2.90 bits per heavy atom. The maximum Gasteiger partial charge on any atom is 0.316 e. The number of nitrogens with one attached hydrogen (secondary N) is 1. The van der Waals surface area contributed by atoms with Crippen molar-refractivity contribution < 1.29 is 4.42 Å². The predicted octanol–water partition coefficient (Wildman–Crippen LogP) is 3.08. The lowest BCUT2D eigenvalue weighted by Gasteiger charge is -1.97. The number of hydrogen-bond acceptors (Lipinski definition) is 7. The minimum Gasteiger partial charge on any atom is -0.403 e. The molecule has 3 aromatic heterocycles. The number of aromatic nitrogens is 4. The van der Waals surface area contributed by atoms with Gasteiger partial charge in [-0.05, 0) is 25.0 Å². The van der Waals surface area contributed by atoms with E-state index in [2.05, 4.69) is 25.5 Å². The van der Waals surface area contributed by atoms with Gasteiger partial charge in [-0.3, -0.25) is 4.98 Å². The Morgan fingerprint density at radius 1 is 1.24 bits per heavy atom. The van der Waals surface area contributed by atoms with E-state index in [4.69, 9.17) is 4.42 Å². The molecule has 0 amide bonds. The van der Waals surface area contributed by atoms with E-state index in [1.54, 1.807) is 23.7 Å². The second-order valence-electron chi connectivity index (χ2n) is 4.94. The van der Waals surface area contributed by atoms with Crippen molar-refractivity contribution in [1.29, 1.82) is 0 Å². The maximum absolute atomic E-state index is 5.58. The van der Waals surface area contributed by atoms with Crippen LogP contribution in [0.15, 0.2) is 35.1 Å². The zero-order valence-corrected chi connectivity index (χ0v) is 12.0. The largest absolute Gasteiger partial charge is 0.403 e. The van der Waals surface area contributed by atoms with Gasteiger partial charge in [-0.25, -0.2) is 4.98 Å². The molecule has 6 nitrogen and oxygen atoms in total. The highest BCUT2D eigenvalue weighted by atomic mass is 32.1. The molecule has 1 aliphatic carbocycles. The first-order valence-corrected chi connectivity index (χ1v) is 7.62. The van der Waals surface area contributed by atoms with E-state index in [1.165, 1.54) is 22.7 Å². The summed E-state index contributed by atoms with van der Waals surface area (Å²) in [6, 6.07) is 4.09. The summed E-state index contributed by atoms with van der Waals surface area (Å²) in [6.45, 7) is 0.655. The van der Waals surface area contributed by atoms with Gasteiger partial charge in [0, 0.05) is 34.9 Å². The quantitative estimate of drug-likeness (QED) is 0.780. The first kappa shape index (κ1) is 12.5. The first-order valence-electron chi connectivity index (χ1n) is 6.81. The van der Waals surface area contributed by atoms with Crippen LogP contribution in [0.5, 0.6) is 0 Å². The topological polar surface area (TPSA) is 76.7 Å². The highest BCUT2D eigenvalue weighted by Gasteiger charge is 2.26. The molecule has 0 aromatic carbocycles. The maximum atomic E-state index is 5.58. The summed E-state index contributed by atoms with van der Waals surface area (Å²) < 4.78 is 5.58. The van der Waals surface area contributed by atoms with E-state index < -0.39 is 0 Å². The number of hydrogen-bond donors (Lipinski definition) is 1. The molecule has 0 atom stereocenters. The monoisotopic (exact) mass is 299 g/mol. The number of nitrogens with zero attached hydrogens (tertiary/aromatic N) is 4. The normalized spacial score (nSPS) is 14.3. The second kappa shape index (κ2) is 5.25. The number of pyridine rings is 1. The third-order valence-corrected chi connectivity index (χ3v) is 4.42. The SMILES string of the molecule is c1cc(-c2nnc(NCc3cnc(C4CC4)s3)o2)ccn1. The Labute approximate surface area is 125 Å². The lowest BCUT2D eigenvalue weighted by Crippen LogP contribution is -1.97. The van der Waals surface area contributed by atoms with Gasteiger partial charge in [-0.1, -0.05) is 5.10 Å². The van der Waals surface area contributed by atoms with E-state index in [0.29, 0.717) is 24.4 Å². The fourth-order valence-electron chi connectivity index (χ4n) is 1.99. The van der Waals surface area contributed by atoms with Crippen LogP contribution in [0.2, 0.25) is 0 Å². The minimum atomic E-state index is 0.420. The van der Waals surface area contributed by atoms with Gasteiger partial charge < -0.3 is 9.73 Å². The third-order valence-electron chi connectivity index (χ3n) is 3.26. The van der Waals surface area contributed by atoms with Gasteiger partial charge in [0.05, 0.1) is 11.6 Å². The molecule has 106 valence electrons. The molecule has 21 heavy (non-hydrogen) atoms. The smallest absolute Gasteiger partial charge is 0.316 e. The molecule has 1 N–H and O–H groups in total. The summed E-state index contributed by atoms with van der Waals surface area (Å²) in [5.74, 6) is 1.19. The molecule has 0 radical (unpaired) electrons. The third kappa shape index (κ3) is 2.78. The van der Waals surface area contributed by atoms with Gasteiger partial charge in [0.15, 0.2) is 0 Å². The fraction of sp³-hybridized carbons (Fsp3) is 0.286. The van der Waals surface area contributed by atoms with E-state index >= 15 is 0 Å². The van der Waals surface area contributed by atoms with Gasteiger partial charge in [0.2, 0.25) is 5.89 Å². The van der Waals surface area contributed by atoms with E-state index in [0.717, 1.165) is 5.56 Å². The van der Waals surface area contributed by atoms with Gasteiger partial charge in [0.25, 0.3) is 0 Å². The van der Waals surface area contributed by atoms with Crippen LogP contribution in [0.1, 0.15) is 28.6 Å². The summed E-state index contributed by atoms with van der Waals surface area (Å²) in [7, 11) is 0. The molecule has 1 fully saturated rings. The molecular weight excluding hydrogens is 286 g/mol. The fourth-order valence-corrected chi connectivity index (χ4v) is 3.02. The second-order valence-corrected chi connectivity index (χ2v) is 6.09. The molecule has 0 aliphatic heterocycles. The summed E-state index contributed by atoms with van der Waals surface area (Å²) in [6.07, 6.45) is 7.87. The molecule has 7 heteroatoms. The molecule has 3 heterocycles. The molecule has 0 unspecified atom stereocenters. The number of rotatable bonds is 5. The zero-order valence-electron chi connectivity index (χ0n) is 11.2. The van der Waals surface area contributed by atoms with Crippen LogP contribution in [0, 0.1) is 0 Å². The van der Waals surface area contributed by atoms with Gasteiger partial charge >= 0.3 is 6.01 Å². The molecular formula is C14H13N5OS. The van der Waals surface area contributed by atoms with Crippen LogP contribution in [0.3, 0.4) is 0 Å². The Balaban J connectivity index is 1.41. The molecule has 0 spiro atoms. The highest BCUT2D eigenvalue weighted by Crippen LogP contribution is 2.41. The highest BCUT2D eigenvalue weighted by molar-refractivity contribution is 7.11. The van der Waals surface area contributed by atoms with E-state index in [1.807, 2.05) is 18.3 Å². The van der Waals surface area contributed by atoms with Crippen molar-refractivity contribution in [3.63, 3.8) is 0 Å². The number of anilines is 1. The van der Waals surface area contributed by atoms with Crippen LogP contribution in [-0.4, -0.2) is 20.2 Å². The van der Waals surface area contributed by atoms with Crippen molar-refractivity contribution in [3.05, 3.63) is 40.6 Å². The van der Waals surface area contributed by atoms with Crippen molar-refractivity contribution in [3.8, 4) is 11.5 Å². The van der Waals surface area contributed by atoms with Gasteiger partial charge in [-0.2, -0.15) is 0 Å². The molecule has 1 aliphatic rings. The summed E-state index contributed by atoms with van der Waals surface area (Å²) in [4.78, 5) is 9.59. The number of thiazole rings is 1. The predicted molar refractivity (Wildman–Crippen MR) is 78.9 cm³/mol. The van der Waals surface area contributed by atoms with Crippen LogP contribution in [0.4, 0.5) is 6.01 Å². The van der Waals surface area contributed by atoms with Crippen LogP contribution in [-0.2, 0) is 6.54 Å². The minimum absolute atomic E-state index is 0.420. The molecule has 4 rings (SSSR count). The lowest BCUT2D eigenvalue weighted by molar-refractivity contribution is 0.581. The van der Waals surface area contributed by atoms with Crippen LogP contribution < -0.4 is 5.32 Å².